The van der Waals surface area contributed by atoms with Crippen molar-refractivity contribution in [2.45, 2.75) is 51.5 Å². The third kappa shape index (κ3) is 4.14. The van der Waals surface area contributed by atoms with Gasteiger partial charge >= 0.3 is 0 Å². The Balaban J connectivity index is 1.62. The minimum atomic E-state index is -0.255. The van der Waals surface area contributed by atoms with Crippen LogP contribution in [0.5, 0.6) is 0 Å². The van der Waals surface area contributed by atoms with Gasteiger partial charge in [-0.15, -0.1) is 11.3 Å². The van der Waals surface area contributed by atoms with Crippen molar-refractivity contribution >= 4 is 22.2 Å². The number of nitrogens with zero attached hydrogens (tertiary/aromatic N) is 1. The summed E-state index contributed by atoms with van der Waals surface area (Å²) < 4.78 is 20.5. The molecule has 1 amide bonds. The zero-order chi connectivity index (χ0) is 22.1. The highest BCUT2D eigenvalue weighted by Gasteiger charge is 2.35. The highest BCUT2D eigenvalue weighted by atomic mass is 32.1. The summed E-state index contributed by atoms with van der Waals surface area (Å²) in [5, 5.41) is 3.96. The van der Waals surface area contributed by atoms with Gasteiger partial charge in [0.1, 0.15) is 10.8 Å². The predicted molar refractivity (Wildman–Crippen MR) is 126 cm³/mol. The number of amides is 1. The van der Waals surface area contributed by atoms with Gasteiger partial charge in [-0.05, 0) is 81.3 Å². The standard InChI is InChI=1S/C26H29FN2O2S/c1-17-12-14-29(15-13-17)24(18-7-2-4-9-20(18)27)23-19-8-3-5-11-22(19)32-26(23)28-25(30)21-10-6-16-31-21/h2,4,6-7,9-10,16-17,24H,3,5,8,11-15H2,1H3,(H,28,30)/t24-/m0/s1. The van der Waals surface area contributed by atoms with Crippen LogP contribution in [0.25, 0.3) is 0 Å². The van der Waals surface area contributed by atoms with E-state index in [0.717, 1.165) is 62.2 Å². The van der Waals surface area contributed by atoms with E-state index in [0.29, 0.717) is 11.5 Å². The Labute approximate surface area is 192 Å². The number of aryl methyl sites for hydroxylation is 1. The Morgan fingerprint density at radius 1 is 1.16 bits per heavy atom. The average molecular weight is 453 g/mol. The van der Waals surface area contributed by atoms with E-state index in [1.807, 2.05) is 12.1 Å². The summed E-state index contributed by atoms with van der Waals surface area (Å²) >= 11 is 1.66. The number of benzene rings is 1. The Kier molecular flexibility index (Phi) is 6.15. The molecule has 0 radical (unpaired) electrons. The lowest BCUT2D eigenvalue weighted by atomic mass is 9.87. The van der Waals surface area contributed by atoms with Crippen molar-refractivity contribution < 1.29 is 13.6 Å². The first-order valence-corrected chi connectivity index (χ1v) is 12.4. The molecule has 4 nitrogen and oxygen atoms in total. The first kappa shape index (κ1) is 21.4. The van der Waals surface area contributed by atoms with Gasteiger partial charge in [0.25, 0.3) is 5.91 Å². The minimum Gasteiger partial charge on any atom is -0.459 e. The minimum absolute atomic E-state index is 0.185. The van der Waals surface area contributed by atoms with Crippen LogP contribution in [-0.2, 0) is 12.8 Å². The van der Waals surface area contributed by atoms with Gasteiger partial charge in [-0.1, -0.05) is 25.1 Å². The molecule has 168 valence electrons. The molecule has 3 heterocycles. The lowest BCUT2D eigenvalue weighted by molar-refractivity contribution is 0.0996. The number of hydrogen-bond acceptors (Lipinski definition) is 4. The van der Waals surface area contributed by atoms with E-state index >= 15 is 4.39 Å². The van der Waals surface area contributed by atoms with Crippen molar-refractivity contribution in [1.29, 1.82) is 0 Å². The van der Waals surface area contributed by atoms with Crippen molar-refractivity contribution in [3.05, 3.63) is 75.8 Å². The molecule has 3 aromatic rings. The number of fused-ring (bicyclic) bond motifs is 1. The molecule has 6 heteroatoms. The van der Waals surface area contributed by atoms with Gasteiger partial charge in [-0.25, -0.2) is 4.39 Å². The molecule has 0 spiro atoms. The molecule has 32 heavy (non-hydrogen) atoms. The molecule has 0 unspecified atom stereocenters. The molecule has 1 fully saturated rings. The van der Waals surface area contributed by atoms with Crippen LogP contribution < -0.4 is 5.32 Å². The van der Waals surface area contributed by atoms with Crippen LogP contribution in [0.15, 0.2) is 47.1 Å². The van der Waals surface area contributed by atoms with Crippen molar-refractivity contribution in [1.82, 2.24) is 4.90 Å². The van der Waals surface area contributed by atoms with Crippen LogP contribution in [0, 0.1) is 11.7 Å². The van der Waals surface area contributed by atoms with Crippen LogP contribution in [0.2, 0.25) is 0 Å². The number of nitrogens with one attached hydrogen (secondary N) is 1. The second-order valence-electron chi connectivity index (χ2n) is 9.03. The maximum absolute atomic E-state index is 15.2. The fourth-order valence-electron chi connectivity index (χ4n) is 5.06. The summed E-state index contributed by atoms with van der Waals surface area (Å²) in [4.78, 5) is 16.6. The average Bonchev–Trinajstić information content (AvgIpc) is 3.45. The van der Waals surface area contributed by atoms with Gasteiger partial charge in [0, 0.05) is 16.0 Å². The fourth-order valence-corrected chi connectivity index (χ4v) is 6.38. The number of rotatable bonds is 5. The molecule has 1 aliphatic carbocycles. The normalized spacial score (nSPS) is 18.3. The van der Waals surface area contributed by atoms with E-state index in [2.05, 4.69) is 17.1 Å². The van der Waals surface area contributed by atoms with E-state index in [-0.39, 0.29) is 23.5 Å². The zero-order valence-corrected chi connectivity index (χ0v) is 19.2. The number of hydrogen-bond donors (Lipinski definition) is 1. The molecule has 2 aliphatic rings. The highest BCUT2D eigenvalue weighted by molar-refractivity contribution is 7.16. The van der Waals surface area contributed by atoms with Gasteiger partial charge in [-0.3, -0.25) is 9.69 Å². The molecule has 1 atom stereocenters. The Morgan fingerprint density at radius 2 is 1.94 bits per heavy atom. The van der Waals surface area contributed by atoms with E-state index in [1.165, 1.54) is 16.7 Å². The van der Waals surface area contributed by atoms with Gasteiger partial charge in [0.15, 0.2) is 5.76 Å². The smallest absolute Gasteiger partial charge is 0.291 e. The Morgan fingerprint density at radius 3 is 2.69 bits per heavy atom. The summed E-state index contributed by atoms with van der Waals surface area (Å²) in [5.41, 5.74) is 3.09. The first-order chi connectivity index (χ1) is 15.6. The van der Waals surface area contributed by atoms with Gasteiger partial charge in [0.2, 0.25) is 0 Å². The molecule has 1 N–H and O–H groups in total. The van der Waals surface area contributed by atoms with Crippen molar-refractivity contribution in [2.75, 3.05) is 18.4 Å². The van der Waals surface area contributed by atoms with E-state index < -0.39 is 0 Å². The molecule has 0 bridgehead atoms. The fraction of sp³-hybridized carbons (Fsp3) is 0.423. The van der Waals surface area contributed by atoms with E-state index in [1.54, 1.807) is 35.6 Å². The van der Waals surface area contributed by atoms with Gasteiger partial charge in [-0.2, -0.15) is 0 Å². The van der Waals surface area contributed by atoms with E-state index in [4.69, 9.17) is 4.42 Å². The molecule has 1 aliphatic heterocycles. The van der Waals surface area contributed by atoms with Crippen LogP contribution in [-0.4, -0.2) is 23.9 Å². The monoisotopic (exact) mass is 452 g/mol. The molecule has 1 saturated heterocycles. The molecular weight excluding hydrogens is 423 g/mol. The largest absolute Gasteiger partial charge is 0.459 e. The SMILES string of the molecule is CC1CCN([C@@H](c2ccccc2F)c2c(NC(=O)c3ccco3)sc3c2CCCC3)CC1. The highest BCUT2D eigenvalue weighted by Crippen LogP contribution is 2.46. The van der Waals surface area contributed by atoms with E-state index in [9.17, 15) is 4.79 Å². The lowest BCUT2D eigenvalue weighted by Gasteiger charge is -2.38. The third-order valence-electron chi connectivity index (χ3n) is 6.84. The second-order valence-corrected chi connectivity index (χ2v) is 10.1. The Hall–Kier alpha value is -2.44. The first-order valence-electron chi connectivity index (χ1n) is 11.6. The molecule has 2 aromatic heterocycles. The van der Waals surface area contributed by atoms with Gasteiger partial charge in [0.05, 0.1) is 12.3 Å². The summed E-state index contributed by atoms with van der Waals surface area (Å²) in [7, 11) is 0. The quantitative estimate of drug-likeness (QED) is 0.485. The summed E-state index contributed by atoms with van der Waals surface area (Å²) in [6.45, 7) is 4.14. The van der Waals surface area contributed by atoms with Crippen molar-refractivity contribution in [2.24, 2.45) is 5.92 Å². The molecule has 5 rings (SSSR count). The molecule has 0 saturated carbocycles. The number of piperidine rings is 1. The maximum Gasteiger partial charge on any atom is 0.291 e. The molecule has 1 aromatic carbocycles. The maximum atomic E-state index is 15.2. The van der Waals surface area contributed by atoms with Gasteiger partial charge < -0.3 is 9.73 Å². The summed E-state index contributed by atoms with van der Waals surface area (Å²) in [6.07, 6.45) is 7.99. The lowest BCUT2D eigenvalue weighted by Crippen LogP contribution is -2.37. The van der Waals surface area contributed by atoms with Crippen LogP contribution in [0.3, 0.4) is 0 Å². The second kappa shape index (κ2) is 9.20. The van der Waals surface area contributed by atoms with Crippen LogP contribution in [0.1, 0.15) is 70.8 Å². The Bertz CT molecular complexity index is 1080. The number of halogens is 1. The van der Waals surface area contributed by atoms with Crippen LogP contribution >= 0.6 is 11.3 Å². The number of anilines is 1. The predicted octanol–water partition coefficient (Wildman–Crippen LogP) is 6.43. The number of furan rings is 1. The molecular formula is C26H29FN2O2S. The number of likely N-dealkylation sites (tertiary alicyclic amines) is 1. The number of thiophene rings is 1. The van der Waals surface area contributed by atoms with Crippen molar-refractivity contribution in [3.8, 4) is 0 Å². The zero-order valence-electron chi connectivity index (χ0n) is 18.4. The number of carbonyl (C=O) groups excluding carboxylic acids is 1. The van der Waals surface area contributed by atoms with Crippen molar-refractivity contribution in [3.63, 3.8) is 0 Å². The topological polar surface area (TPSA) is 45.5 Å². The summed E-state index contributed by atoms with van der Waals surface area (Å²) in [6, 6.07) is 10.3. The summed E-state index contributed by atoms with van der Waals surface area (Å²) in [5.74, 6) is 0.531. The number of carbonyl (C=O) groups is 1. The third-order valence-corrected chi connectivity index (χ3v) is 8.06. The van der Waals surface area contributed by atoms with Crippen LogP contribution in [0.4, 0.5) is 9.39 Å².